The van der Waals surface area contributed by atoms with Gasteiger partial charge in [0.25, 0.3) is 0 Å². The first kappa shape index (κ1) is 70.3. The number of carbonyl (C=O) groups excluding carboxylic acids is 3. The van der Waals surface area contributed by atoms with Gasteiger partial charge in [0.2, 0.25) is 17.7 Å². The summed E-state index contributed by atoms with van der Waals surface area (Å²) < 4.78 is 13.9. The number of hydrogen-bond donors (Lipinski definition) is 3. The molecular formula is C54H111N3O4S2. The zero-order valence-electron chi connectivity index (χ0n) is 46.1. The van der Waals surface area contributed by atoms with E-state index >= 15 is 0 Å². The lowest BCUT2D eigenvalue weighted by Crippen LogP contribution is -2.32. The van der Waals surface area contributed by atoms with Crippen LogP contribution in [0, 0.1) is 49.2 Å². The fourth-order valence-electron chi connectivity index (χ4n) is 4.98. The Hall–Kier alpha value is -1.74. The van der Waals surface area contributed by atoms with Crippen LogP contribution in [0.4, 0.5) is 0 Å². The third-order valence-corrected chi connectivity index (χ3v) is 12.8. The third kappa shape index (κ3) is 45.2. The summed E-state index contributed by atoms with van der Waals surface area (Å²) in [6, 6.07) is 0. The first-order chi connectivity index (χ1) is 27.1. The second kappa shape index (κ2) is 28.4. The van der Waals surface area contributed by atoms with Gasteiger partial charge in [0, 0.05) is 27.6 Å². The van der Waals surface area contributed by atoms with Crippen LogP contribution < -0.4 is 15.4 Å². The number of amides is 3. The largest absolute Gasteiger partial charge is 0.330 e. The van der Waals surface area contributed by atoms with Gasteiger partial charge < -0.3 is 10.6 Å². The zero-order chi connectivity index (χ0) is 50.7. The van der Waals surface area contributed by atoms with Crippen molar-refractivity contribution >= 4 is 45.1 Å². The zero-order valence-corrected chi connectivity index (χ0v) is 47.7. The molecule has 0 aromatic carbocycles. The van der Waals surface area contributed by atoms with Crippen LogP contribution in [0.2, 0.25) is 0 Å². The Morgan fingerprint density at radius 3 is 1.11 bits per heavy atom. The summed E-state index contributed by atoms with van der Waals surface area (Å²) in [5.74, 6) is 3.91. The highest BCUT2D eigenvalue weighted by Crippen LogP contribution is 2.41. The Morgan fingerprint density at radius 1 is 0.587 bits per heavy atom. The average molecular weight is 931 g/mol. The van der Waals surface area contributed by atoms with E-state index in [4.69, 9.17) is 0 Å². The predicted molar refractivity (Wildman–Crippen MR) is 288 cm³/mol. The Morgan fingerprint density at radius 2 is 0.921 bits per heavy atom. The molecule has 4 unspecified atom stereocenters. The molecule has 4 atom stereocenters. The van der Waals surface area contributed by atoms with Gasteiger partial charge in [-0.15, -0.1) is 0 Å². The molecule has 0 bridgehead atoms. The molecule has 3 amide bonds. The maximum Gasteiger partial charge on any atom is 0.238 e. The standard InChI is InChI=1S/C11H19NO.C9H17NO2S.C9H15NOS.4C6H14.CH4/c1-8-6-11(5,9(13)12-8)7-10(2,3)4;1-9(2,3)5-7-6-13(4,12)10-8(7)11;1-6-10-8(11)7(12-6)5-9(2,3)4;4*1-5-6(2,3)4;/h1,6-7H2,2-5H3,(H,12,13);7H,4-6H2,1-3H3,(H,10,11,12);7H,1,5H2,2-4H3,(H,10,11);4*5H2,1-4H3;1H4. The highest BCUT2D eigenvalue weighted by atomic mass is 32.2. The van der Waals surface area contributed by atoms with Crippen LogP contribution in [0.25, 0.3) is 0 Å². The fraction of sp³-hybridized carbons (Fsp3) is 0.852. The monoisotopic (exact) mass is 930 g/mol. The Labute approximate surface area is 400 Å². The SMILES string of the molecule is C.C=C1CC(C)(CC(C)(C)C)C(=O)N1.C=C1NC(=O)C(CC(C)(C)C)S1.C=S1(=O)CC(CC(C)(C)C)C(=O)N1.CCC(C)(C)C.CCC(C)(C)C.CCC(C)(C)C.CCC(C)(C)C. The van der Waals surface area contributed by atoms with Gasteiger partial charge >= 0.3 is 0 Å². The lowest BCUT2D eigenvalue weighted by molar-refractivity contribution is -0.128. The van der Waals surface area contributed by atoms with Crippen LogP contribution in [0.1, 0.15) is 239 Å². The summed E-state index contributed by atoms with van der Waals surface area (Å²) in [6.07, 6.45) is 8.45. The molecule has 3 heterocycles. The molecule has 3 aliphatic heterocycles. The van der Waals surface area contributed by atoms with E-state index in [-0.39, 0.29) is 58.0 Å². The minimum absolute atomic E-state index is 0. The molecule has 9 heteroatoms. The van der Waals surface area contributed by atoms with Crippen LogP contribution in [0.15, 0.2) is 23.9 Å². The van der Waals surface area contributed by atoms with Gasteiger partial charge in [0.1, 0.15) is 0 Å². The van der Waals surface area contributed by atoms with Gasteiger partial charge in [-0.1, -0.05) is 238 Å². The van der Waals surface area contributed by atoms with Crippen molar-refractivity contribution in [2.45, 2.75) is 244 Å². The van der Waals surface area contributed by atoms with Gasteiger partial charge in [-0.25, -0.2) is 4.21 Å². The van der Waals surface area contributed by atoms with Gasteiger partial charge in [-0.3, -0.25) is 19.1 Å². The van der Waals surface area contributed by atoms with E-state index in [0.717, 1.165) is 36.4 Å². The van der Waals surface area contributed by atoms with Crippen molar-refractivity contribution in [2.75, 3.05) is 5.75 Å². The molecule has 0 aromatic heterocycles. The molecule has 378 valence electrons. The first-order valence-electron chi connectivity index (χ1n) is 23.4. The second-order valence-electron chi connectivity index (χ2n) is 26.4. The normalized spacial score (nSPS) is 22.4. The Balaban J connectivity index is -0.000000214. The highest BCUT2D eigenvalue weighted by molar-refractivity contribution is 8.04. The molecule has 0 radical (unpaired) electrons. The summed E-state index contributed by atoms with van der Waals surface area (Å²) >= 11 is 1.55. The lowest BCUT2D eigenvalue weighted by Gasteiger charge is -2.29. The molecule has 3 saturated heterocycles. The maximum absolute atomic E-state index is 11.6. The van der Waals surface area contributed by atoms with Crippen LogP contribution in [0.3, 0.4) is 0 Å². The van der Waals surface area contributed by atoms with E-state index in [1.165, 1.54) is 25.7 Å². The Kier molecular flexibility index (Phi) is 31.7. The average Bonchev–Trinajstić information content (AvgIpc) is 3.57. The first-order valence-corrected chi connectivity index (χ1v) is 26.1. The second-order valence-corrected chi connectivity index (χ2v) is 29.8. The summed E-state index contributed by atoms with van der Waals surface area (Å²) in [5.41, 5.74) is 3.28. The van der Waals surface area contributed by atoms with Crippen LogP contribution in [-0.4, -0.2) is 38.8 Å². The molecule has 3 N–H and O–H groups in total. The molecule has 3 aliphatic rings. The quantitative estimate of drug-likeness (QED) is 0.245. The number of hydrogen-bond acceptors (Lipinski definition) is 5. The van der Waals surface area contributed by atoms with E-state index in [0.29, 0.717) is 27.4 Å². The van der Waals surface area contributed by atoms with Crippen molar-refractivity contribution < 1.29 is 18.6 Å². The third-order valence-electron chi connectivity index (χ3n) is 10.2. The molecule has 0 aromatic rings. The molecule has 3 fully saturated rings. The van der Waals surface area contributed by atoms with Gasteiger partial charge in [0.05, 0.1) is 21.6 Å². The van der Waals surface area contributed by atoms with Crippen LogP contribution >= 0.6 is 11.8 Å². The van der Waals surface area contributed by atoms with E-state index in [2.05, 4.69) is 207 Å². The van der Waals surface area contributed by atoms with E-state index in [1.807, 2.05) is 6.92 Å². The summed E-state index contributed by atoms with van der Waals surface area (Å²) in [4.78, 5) is 34.2. The smallest absolute Gasteiger partial charge is 0.238 e. The van der Waals surface area contributed by atoms with E-state index < -0.39 is 9.71 Å². The molecule has 0 aliphatic carbocycles. The number of allylic oxidation sites excluding steroid dienone is 1. The van der Waals surface area contributed by atoms with Crippen molar-refractivity contribution in [1.29, 1.82) is 0 Å². The van der Waals surface area contributed by atoms with Crippen molar-refractivity contribution in [3.63, 3.8) is 0 Å². The van der Waals surface area contributed by atoms with Gasteiger partial charge in [-0.2, -0.15) is 0 Å². The van der Waals surface area contributed by atoms with Crippen molar-refractivity contribution in [1.82, 2.24) is 15.4 Å². The minimum Gasteiger partial charge on any atom is -0.330 e. The molecule has 0 saturated carbocycles. The number of carbonyl (C=O) groups is 3. The van der Waals surface area contributed by atoms with Crippen molar-refractivity contribution in [2.24, 2.45) is 49.2 Å². The van der Waals surface area contributed by atoms with Crippen molar-refractivity contribution in [3.8, 4) is 0 Å². The van der Waals surface area contributed by atoms with Gasteiger partial charge in [0.15, 0.2) is 0 Å². The molecule has 0 spiro atoms. The summed E-state index contributed by atoms with van der Waals surface area (Å²) in [6.45, 7) is 64.4. The highest BCUT2D eigenvalue weighted by Gasteiger charge is 2.42. The Bertz CT molecular complexity index is 1410. The van der Waals surface area contributed by atoms with Crippen LogP contribution in [-0.2, 0) is 24.1 Å². The predicted octanol–water partition coefficient (Wildman–Crippen LogP) is 15.8. The molecule has 63 heavy (non-hydrogen) atoms. The molecular weight excluding hydrogens is 819 g/mol. The van der Waals surface area contributed by atoms with Crippen LogP contribution in [0.5, 0.6) is 0 Å². The molecule has 3 rings (SSSR count). The van der Waals surface area contributed by atoms with E-state index in [1.54, 1.807) is 11.8 Å². The lowest BCUT2D eigenvalue weighted by atomic mass is 9.74. The number of nitrogens with one attached hydrogen (secondary N) is 3. The molecule has 7 nitrogen and oxygen atoms in total. The van der Waals surface area contributed by atoms with Crippen molar-refractivity contribution in [3.05, 3.63) is 23.9 Å². The topological polar surface area (TPSA) is 104 Å². The van der Waals surface area contributed by atoms with E-state index in [9.17, 15) is 18.6 Å². The summed E-state index contributed by atoms with van der Waals surface area (Å²) in [5, 5.41) is 6.37. The fourth-order valence-corrected chi connectivity index (χ4v) is 7.77. The van der Waals surface area contributed by atoms with Gasteiger partial charge in [-0.05, 0) is 63.0 Å². The maximum atomic E-state index is 11.6. The minimum atomic E-state index is -2.32. The summed E-state index contributed by atoms with van der Waals surface area (Å²) in [7, 11) is -2.32. The number of rotatable bonds is 3. The number of thioether (sulfide) groups is 1.